The minimum atomic E-state index is -0.226. The molecule has 0 aliphatic carbocycles. The largest absolute Gasteiger partial charge is 0.316 e. The summed E-state index contributed by atoms with van der Waals surface area (Å²) < 4.78 is 3.14. The number of aromatic nitrogens is 1. The second kappa shape index (κ2) is 7.89. The third-order valence-electron chi connectivity index (χ3n) is 4.36. The highest BCUT2D eigenvalue weighted by Crippen LogP contribution is 2.22. The van der Waals surface area contributed by atoms with E-state index >= 15 is 0 Å². The number of thioether (sulfide) groups is 1. The molecule has 0 aliphatic heterocycles. The van der Waals surface area contributed by atoms with E-state index in [1.54, 1.807) is 11.8 Å². The Morgan fingerprint density at radius 2 is 1.93 bits per heavy atom. The summed E-state index contributed by atoms with van der Waals surface area (Å²) in [7, 11) is 0. The third kappa shape index (κ3) is 3.81. The van der Waals surface area contributed by atoms with E-state index in [2.05, 4.69) is 15.8 Å². The van der Waals surface area contributed by atoms with E-state index < -0.39 is 0 Å². The van der Waals surface area contributed by atoms with E-state index in [1.165, 1.54) is 11.3 Å². The first-order chi connectivity index (χ1) is 13.2. The van der Waals surface area contributed by atoms with Gasteiger partial charge in [0.05, 0.1) is 10.2 Å². The van der Waals surface area contributed by atoms with Crippen LogP contribution in [0.5, 0.6) is 0 Å². The molecule has 0 N–H and O–H groups in total. The Morgan fingerprint density at radius 3 is 2.74 bits per heavy atom. The summed E-state index contributed by atoms with van der Waals surface area (Å²) in [6.07, 6.45) is 2.07. The second-order valence-electron chi connectivity index (χ2n) is 6.12. The summed E-state index contributed by atoms with van der Waals surface area (Å²) in [5, 5.41) is 2.84. The molecule has 0 unspecified atom stereocenters. The Kier molecular flexibility index (Phi) is 5.34. The quantitative estimate of drug-likeness (QED) is 0.436. The standard InChI is InChI=1S/C21H17ClN2OS2/c1-26-11-10-24-18-9-8-17(22)13-19(18)27-21(24)23-20(25)16-7-6-14-4-2-3-5-15(14)12-16/h2-9,12-13H,10-11H2,1H3. The molecule has 4 rings (SSSR count). The number of benzene rings is 3. The number of aryl methyl sites for hydroxylation is 1. The molecule has 27 heavy (non-hydrogen) atoms. The van der Waals surface area contributed by atoms with Gasteiger partial charge in [-0.25, -0.2) is 0 Å². The van der Waals surface area contributed by atoms with Crippen LogP contribution in [-0.4, -0.2) is 22.5 Å². The highest BCUT2D eigenvalue weighted by Gasteiger charge is 2.10. The Bertz CT molecular complexity index is 1210. The van der Waals surface area contributed by atoms with Crippen LogP contribution in [0.15, 0.2) is 65.7 Å². The lowest BCUT2D eigenvalue weighted by Crippen LogP contribution is -2.18. The molecule has 1 heterocycles. The Labute approximate surface area is 170 Å². The first kappa shape index (κ1) is 18.3. The SMILES string of the molecule is CSCCn1c(=NC(=O)c2ccc3ccccc3c2)sc2cc(Cl)ccc21. The van der Waals surface area contributed by atoms with Crippen LogP contribution in [0.1, 0.15) is 10.4 Å². The zero-order valence-electron chi connectivity index (χ0n) is 14.7. The normalized spacial score (nSPS) is 12.1. The number of hydrogen-bond acceptors (Lipinski definition) is 3. The molecule has 0 radical (unpaired) electrons. The van der Waals surface area contributed by atoms with E-state index in [1.807, 2.05) is 60.7 Å². The van der Waals surface area contributed by atoms with Crippen LogP contribution in [0.3, 0.4) is 0 Å². The molecule has 1 aromatic heterocycles. The molecule has 1 amide bonds. The lowest BCUT2D eigenvalue weighted by atomic mass is 10.1. The average Bonchev–Trinajstić information content (AvgIpc) is 3.01. The van der Waals surface area contributed by atoms with Crippen molar-refractivity contribution in [3.8, 4) is 0 Å². The van der Waals surface area contributed by atoms with Crippen molar-refractivity contribution in [2.24, 2.45) is 4.99 Å². The molecular weight excluding hydrogens is 396 g/mol. The average molecular weight is 413 g/mol. The number of fused-ring (bicyclic) bond motifs is 2. The van der Waals surface area contributed by atoms with Gasteiger partial charge in [-0.3, -0.25) is 4.79 Å². The van der Waals surface area contributed by atoms with Crippen molar-refractivity contribution in [2.75, 3.05) is 12.0 Å². The first-order valence-electron chi connectivity index (χ1n) is 8.51. The molecule has 0 bridgehead atoms. The van der Waals surface area contributed by atoms with Crippen molar-refractivity contribution in [3.63, 3.8) is 0 Å². The Hall–Kier alpha value is -2.08. The summed E-state index contributed by atoms with van der Waals surface area (Å²) in [5.41, 5.74) is 1.66. The molecule has 0 aliphatic rings. The molecule has 3 nitrogen and oxygen atoms in total. The lowest BCUT2D eigenvalue weighted by molar-refractivity contribution is 0.0998. The summed E-state index contributed by atoms with van der Waals surface area (Å²) in [6, 6.07) is 19.5. The van der Waals surface area contributed by atoms with Crippen molar-refractivity contribution >= 4 is 61.6 Å². The van der Waals surface area contributed by atoms with Crippen LogP contribution in [-0.2, 0) is 6.54 Å². The number of amides is 1. The first-order valence-corrected chi connectivity index (χ1v) is 11.1. The molecular formula is C21H17ClN2OS2. The van der Waals surface area contributed by atoms with Gasteiger partial charge in [-0.05, 0) is 47.4 Å². The zero-order chi connectivity index (χ0) is 18.8. The molecule has 0 atom stereocenters. The Balaban J connectivity index is 1.81. The highest BCUT2D eigenvalue weighted by atomic mass is 35.5. The Morgan fingerprint density at radius 1 is 1.11 bits per heavy atom. The number of halogens is 1. The topological polar surface area (TPSA) is 34.4 Å². The summed E-state index contributed by atoms with van der Waals surface area (Å²) in [6.45, 7) is 0.798. The fourth-order valence-electron chi connectivity index (χ4n) is 3.00. The van der Waals surface area contributed by atoms with E-state index in [-0.39, 0.29) is 5.91 Å². The highest BCUT2D eigenvalue weighted by molar-refractivity contribution is 7.98. The van der Waals surface area contributed by atoms with Gasteiger partial charge in [-0.15, -0.1) is 0 Å². The minimum absolute atomic E-state index is 0.226. The number of carbonyl (C=O) groups excluding carboxylic acids is 1. The lowest BCUT2D eigenvalue weighted by Gasteiger charge is -2.04. The fourth-order valence-corrected chi connectivity index (χ4v) is 4.70. The van der Waals surface area contributed by atoms with E-state index in [0.717, 1.165) is 33.3 Å². The molecule has 4 aromatic rings. The number of nitrogens with zero attached hydrogens (tertiary/aromatic N) is 2. The van der Waals surface area contributed by atoms with E-state index in [0.29, 0.717) is 15.4 Å². The number of thiazole rings is 1. The van der Waals surface area contributed by atoms with Crippen molar-refractivity contribution in [3.05, 3.63) is 76.1 Å². The smallest absolute Gasteiger partial charge is 0.279 e. The second-order valence-corrected chi connectivity index (χ2v) is 8.55. The third-order valence-corrected chi connectivity index (χ3v) is 6.22. The van der Waals surface area contributed by atoms with Gasteiger partial charge in [0.1, 0.15) is 0 Å². The van der Waals surface area contributed by atoms with Gasteiger partial charge in [-0.1, -0.05) is 53.3 Å². The van der Waals surface area contributed by atoms with Gasteiger partial charge >= 0.3 is 0 Å². The van der Waals surface area contributed by atoms with Crippen LogP contribution >= 0.6 is 34.7 Å². The summed E-state index contributed by atoms with van der Waals surface area (Å²) in [4.78, 5) is 18.0. The van der Waals surface area contributed by atoms with Crippen molar-refractivity contribution in [1.29, 1.82) is 0 Å². The number of carbonyl (C=O) groups is 1. The summed E-state index contributed by atoms with van der Waals surface area (Å²) in [5.74, 6) is 0.725. The molecule has 0 saturated heterocycles. The fraction of sp³-hybridized carbons (Fsp3) is 0.143. The van der Waals surface area contributed by atoms with Crippen LogP contribution in [0, 0.1) is 0 Å². The molecule has 0 fully saturated rings. The predicted molar refractivity (Wildman–Crippen MR) is 117 cm³/mol. The number of rotatable bonds is 4. The van der Waals surface area contributed by atoms with Crippen molar-refractivity contribution < 1.29 is 4.79 Å². The van der Waals surface area contributed by atoms with Gasteiger partial charge in [0.25, 0.3) is 5.91 Å². The predicted octanol–water partition coefficient (Wildman–Crippen LogP) is 5.61. The molecule has 136 valence electrons. The maximum Gasteiger partial charge on any atom is 0.279 e. The maximum atomic E-state index is 12.8. The van der Waals surface area contributed by atoms with Crippen molar-refractivity contribution in [2.45, 2.75) is 6.54 Å². The minimum Gasteiger partial charge on any atom is -0.316 e. The molecule has 0 spiro atoms. The van der Waals surface area contributed by atoms with Gasteiger partial charge in [0.2, 0.25) is 0 Å². The summed E-state index contributed by atoms with van der Waals surface area (Å²) >= 11 is 9.40. The van der Waals surface area contributed by atoms with Gasteiger partial charge < -0.3 is 4.57 Å². The van der Waals surface area contributed by atoms with Crippen LogP contribution in [0.4, 0.5) is 0 Å². The van der Waals surface area contributed by atoms with Crippen LogP contribution < -0.4 is 4.80 Å². The molecule has 3 aromatic carbocycles. The van der Waals surface area contributed by atoms with Gasteiger partial charge in [-0.2, -0.15) is 16.8 Å². The van der Waals surface area contributed by atoms with E-state index in [4.69, 9.17) is 11.6 Å². The molecule has 0 saturated carbocycles. The van der Waals surface area contributed by atoms with Crippen LogP contribution in [0.25, 0.3) is 21.0 Å². The van der Waals surface area contributed by atoms with Gasteiger partial charge in [0, 0.05) is 22.9 Å². The maximum absolute atomic E-state index is 12.8. The van der Waals surface area contributed by atoms with Crippen LogP contribution in [0.2, 0.25) is 5.02 Å². The molecule has 6 heteroatoms. The number of hydrogen-bond donors (Lipinski definition) is 0. The zero-order valence-corrected chi connectivity index (χ0v) is 17.1. The van der Waals surface area contributed by atoms with E-state index in [9.17, 15) is 4.79 Å². The van der Waals surface area contributed by atoms with Gasteiger partial charge in [0.15, 0.2) is 4.80 Å². The van der Waals surface area contributed by atoms with Crippen molar-refractivity contribution in [1.82, 2.24) is 4.57 Å². The monoisotopic (exact) mass is 412 g/mol.